The Labute approximate surface area is 177 Å². The third-order valence-corrected chi connectivity index (χ3v) is 6.31. The maximum atomic E-state index is 11.7. The zero-order chi connectivity index (χ0) is 21.1. The van der Waals surface area contributed by atoms with E-state index in [0.717, 1.165) is 45.4 Å². The van der Waals surface area contributed by atoms with Crippen LogP contribution in [0.5, 0.6) is 0 Å². The highest BCUT2D eigenvalue weighted by molar-refractivity contribution is 5.89. The average Bonchev–Trinajstić information content (AvgIpc) is 3.04. The molecule has 0 saturated carbocycles. The summed E-state index contributed by atoms with van der Waals surface area (Å²) < 4.78 is 7.23. The van der Waals surface area contributed by atoms with Crippen LogP contribution in [0.1, 0.15) is 40.0 Å². The summed E-state index contributed by atoms with van der Waals surface area (Å²) in [6, 6.07) is 16.3. The maximum Gasteiger partial charge on any atom is 0.337 e. The fourth-order valence-corrected chi connectivity index (χ4v) is 4.48. The molecule has 0 aliphatic carbocycles. The number of hydrogen-bond donors (Lipinski definition) is 1. The minimum atomic E-state index is -0.306. The van der Waals surface area contributed by atoms with E-state index in [1.165, 1.54) is 34.8 Å². The summed E-state index contributed by atoms with van der Waals surface area (Å²) in [7, 11) is 1.40. The Kier molecular flexibility index (Phi) is 6.21. The first-order chi connectivity index (χ1) is 14.6. The van der Waals surface area contributed by atoms with Gasteiger partial charge < -0.3 is 19.3 Å². The molecule has 0 radical (unpaired) electrons. The second-order valence-corrected chi connectivity index (χ2v) is 8.17. The Morgan fingerprint density at radius 3 is 2.47 bits per heavy atom. The van der Waals surface area contributed by atoms with E-state index in [9.17, 15) is 9.90 Å². The van der Waals surface area contributed by atoms with Gasteiger partial charge in [-0.05, 0) is 55.5 Å². The number of rotatable bonds is 6. The molecule has 1 aliphatic heterocycles. The number of carbonyl (C=O) groups excluding carboxylic acids is 1. The number of benzene rings is 2. The lowest BCUT2D eigenvalue weighted by Crippen LogP contribution is -2.37. The van der Waals surface area contributed by atoms with Gasteiger partial charge >= 0.3 is 5.97 Å². The van der Waals surface area contributed by atoms with Crippen LogP contribution in [0.15, 0.2) is 48.5 Å². The molecule has 1 aliphatic rings. The van der Waals surface area contributed by atoms with Crippen molar-refractivity contribution in [2.24, 2.45) is 0 Å². The Balaban J connectivity index is 1.56. The summed E-state index contributed by atoms with van der Waals surface area (Å²) >= 11 is 0. The van der Waals surface area contributed by atoms with E-state index in [1.54, 1.807) is 0 Å². The van der Waals surface area contributed by atoms with Gasteiger partial charge in [-0.3, -0.25) is 0 Å². The van der Waals surface area contributed by atoms with Crippen molar-refractivity contribution in [3.05, 3.63) is 70.9 Å². The molecule has 3 aromatic rings. The molecule has 158 valence electrons. The van der Waals surface area contributed by atoms with Crippen LogP contribution >= 0.6 is 0 Å². The topological polar surface area (TPSA) is 54.7 Å². The van der Waals surface area contributed by atoms with Crippen molar-refractivity contribution < 1.29 is 14.6 Å². The van der Waals surface area contributed by atoms with Crippen LogP contribution in [-0.4, -0.2) is 53.4 Å². The molecule has 1 saturated heterocycles. The number of likely N-dealkylation sites (tertiary alicyclic amines) is 1. The average molecular weight is 407 g/mol. The molecule has 0 amide bonds. The summed E-state index contributed by atoms with van der Waals surface area (Å²) in [6.45, 7) is 6.10. The lowest BCUT2D eigenvalue weighted by atomic mass is 10.0. The summed E-state index contributed by atoms with van der Waals surface area (Å²) in [5, 5.41) is 11.0. The van der Waals surface area contributed by atoms with E-state index in [-0.39, 0.29) is 12.1 Å². The molecule has 1 aromatic heterocycles. The first-order valence-electron chi connectivity index (χ1n) is 10.7. The number of aromatic nitrogens is 1. The number of nitrogens with zero attached hydrogens (tertiary/aromatic N) is 2. The van der Waals surface area contributed by atoms with E-state index in [4.69, 9.17) is 4.74 Å². The van der Waals surface area contributed by atoms with E-state index in [2.05, 4.69) is 40.7 Å². The highest BCUT2D eigenvalue weighted by Crippen LogP contribution is 2.28. The number of piperidine rings is 1. The molecule has 1 fully saturated rings. The second-order valence-electron chi connectivity index (χ2n) is 8.17. The molecule has 1 N–H and O–H groups in total. The number of fused-ring (bicyclic) bond motifs is 1. The predicted octanol–water partition coefficient (Wildman–Crippen LogP) is 3.78. The van der Waals surface area contributed by atoms with Gasteiger partial charge in [-0.25, -0.2) is 4.79 Å². The lowest BCUT2D eigenvalue weighted by Gasteiger charge is -2.29. The zero-order valence-corrected chi connectivity index (χ0v) is 17.8. The van der Waals surface area contributed by atoms with Gasteiger partial charge in [-0.15, -0.1) is 0 Å². The van der Waals surface area contributed by atoms with Gasteiger partial charge in [0.15, 0.2) is 0 Å². The molecule has 30 heavy (non-hydrogen) atoms. The van der Waals surface area contributed by atoms with Crippen molar-refractivity contribution in [2.75, 3.05) is 26.7 Å². The van der Waals surface area contributed by atoms with Crippen LogP contribution < -0.4 is 0 Å². The summed E-state index contributed by atoms with van der Waals surface area (Å²) in [6.07, 6.45) is 2.44. The third kappa shape index (κ3) is 4.27. The first-order valence-corrected chi connectivity index (χ1v) is 10.7. The Morgan fingerprint density at radius 2 is 1.77 bits per heavy atom. The molecule has 0 bridgehead atoms. The summed E-state index contributed by atoms with van der Waals surface area (Å²) in [5.41, 5.74) is 5.66. The largest absolute Gasteiger partial charge is 0.465 e. The van der Waals surface area contributed by atoms with E-state index in [1.807, 2.05) is 24.3 Å². The molecular formula is C25H30N2O3. The summed E-state index contributed by atoms with van der Waals surface area (Å²) in [5.74, 6) is -0.306. The standard InChI is InChI=1S/C25H30N2O3/c1-18-23(17-19-7-9-20(10-8-19)25(29)30-2)22-5-3-4-6-24(22)27(18)16-15-26-13-11-21(28)12-14-26/h3-10,21,28H,11-17H2,1-2H3. The zero-order valence-electron chi connectivity index (χ0n) is 17.8. The van der Waals surface area contributed by atoms with Gasteiger partial charge in [0.1, 0.15) is 0 Å². The molecule has 2 heterocycles. The highest BCUT2D eigenvalue weighted by atomic mass is 16.5. The van der Waals surface area contributed by atoms with Crippen LogP contribution in [0.4, 0.5) is 0 Å². The van der Waals surface area contributed by atoms with Crippen LogP contribution in [0.25, 0.3) is 10.9 Å². The molecule has 0 atom stereocenters. The Bertz CT molecular complexity index is 1010. The quantitative estimate of drug-likeness (QED) is 0.633. The highest BCUT2D eigenvalue weighted by Gasteiger charge is 2.19. The monoisotopic (exact) mass is 406 g/mol. The minimum absolute atomic E-state index is 0.132. The molecule has 2 aromatic carbocycles. The third-order valence-electron chi connectivity index (χ3n) is 6.31. The molecule has 0 unspecified atom stereocenters. The van der Waals surface area contributed by atoms with Crippen LogP contribution in [0.2, 0.25) is 0 Å². The van der Waals surface area contributed by atoms with Crippen molar-refractivity contribution >= 4 is 16.9 Å². The fraction of sp³-hybridized carbons (Fsp3) is 0.400. The fourth-order valence-electron chi connectivity index (χ4n) is 4.48. The molecule has 5 heteroatoms. The number of methoxy groups -OCH3 is 1. The molecule has 5 nitrogen and oxygen atoms in total. The van der Waals surface area contributed by atoms with Gasteiger partial charge in [-0.1, -0.05) is 30.3 Å². The number of esters is 1. The molecule has 0 spiro atoms. The summed E-state index contributed by atoms with van der Waals surface area (Å²) in [4.78, 5) is 14.1. The number of aliphatic hydroxyl groups excluding tert-OH is 1. The molecule has 4 rings (SSSR count). The normalized spacial score (nSPS) is 15.6. The van der Waals surface area contributed by atoms with Crippen molar-refractivity contribution in [2.45, 2.75) is 38.8 Å². The van der Waals surface area contributed by atoms with Gasteiger partial charge in [0, 0.05) is 42.8 Å². The smallest absolute Gasteiger partial charge is 0.337 e. The van der Waals surface area contributed by atoms with Crippen LogP contribution in [0.3, 0.4) is 0 Å². The lowest BCUT2D eigenvalue weighted by molar-refractivity contribution is 0.0600. The Hall–Kier alpha value is -2.63. The van der Waals surface area contributed by atoms with E-state index in [0.29, 0.717) is 5.56 Å². The number of aliphatic hydroxyl groups is 1. The maximum absolute atomic E-state index is 11.7. The van der Waals surface area contributed by atoms with Gasteiger partial charge in [0.25, 0.3) is 0 Å². The van der Waals surface area contributed by atoms with Crippen molar-refractivity contribution in [3.63, 3.8) is 0 Å². The second kappa shape index (κ2) is 9.02. The van der Waals surface area contributed by atoms with Gasteiger partial charge in [-0.2, -0.15) is 0 Å². The van der Waals surface area contributed by atoms with Gasteiger partial charge in [0.2, 0.25) is 0 Å². The minimum Gasteiger partial charge on any atom is -0.465 e. The number of hydrogen-bond acceptors (Lipinski definition) is 4. The van der Waals surface area contributed by atoms with Crippen LogP contribution in [0, 0.1) is 6.92 Å². The predicted molar refractivity (Wildman–Crippen MR) is 119 cm³/mol. The number of carbonyl (C=O) groups is 1. The van der Waals surface area contributed by atoms with Crippen LogP contribution in [-0.2, 0) is 17.7 Å². The molecular weight excluding hydrogens is 376 g/mol. The van der Waals surface area contributed by atoms with E-state index < -0.39 is 0 Å². The first kappa shape index (κ1) is 20.6. The number of para-hydroxylation sites is 1. The van der Waals surface area contributed by atoms with Crippen molar-refractivity contribution in [3.8, 4) is 0 Å². The van der Waals surface area contributed by atoms with E-state index >= 15 is 0 Å². The van der Waals surface area contributed by atoms with Crippen molar-refractivity contribution in [1.29, 1.82) is 0 Å². The number of ether oxygens (including phenoxy) is 1. The van der Waals surface area contributed by atoms with Gasteiger partial charge in [0.05, 0.1) is 18.8 Å². The van der Waals surface area contributed by atoms with Crippen molar-refractivity contribution in [1.82, 2.24) is 9.47 Å². The Morgan fingerprint density at radius 1 is 1.07 bits per heavy atom. The SMILES string of the molecule is COC(=O)c1ccc(Cc2c(C)n(CCN3CCC(O)CC3)c3ccccc23)cc1.